The van der Waals surface area contributed by atoms with Crippen LogP contribution in [0.15, 0.2) is 59.5 Å². The predicted octanol–water partition coefficient (Wildman–Crippen LogP) is 3.48. The molecule has 0 radical (unpaired) electrons. The van der Waals surface area contributed by atoms with Crippen LogP contribution in [0.5, 0.6) is 0 Å². The molecule has 4 aliphatic rings. The van der Waals surface area contributed by atoms with Gasteiger partial charge in [0, 0.05) is 49.9 Å². The van der Waals surface area contributed by atoms with Gasteiger partial charge in [0.1, 0.15) is 0 Å². The lowest BCUT2D eigenvalue weighted by Gasteiger charge is -2.40. The number of fused-ring (bicyclic) bond motifs is 1. The Morgan fingerprint density at radius 3 is 2.52 bits per heavy atom. The highest BCUT2D eigenvalue weighted by molar-refractivity contribution is 5.34. The van der Waals surface area contributed by atoms with Crippen LogP contribution in [-0.2, 0) is 0 Å². The fourth-order valence-corrected chi connectivity index (χ4v) is 3.88. The molecule has 0 spiro atoms. The molecule has 0 N–H and O–H groups in total. The number of hydrogen-bond acceptors (Lipinski definition) is 2. The van der Waals surface area contributed by atoms with Crippen molar-refractivity contribution in [2.45, 2.75) is 19.8 Å². The van der Waals surface area contributed by atoms with E-state index in [1.165, 1.54) is 25.2 Å². The molecule has 0 aromatic carbocycles. The van der Waals surface area contributed by atoms with Crippen molar-refractivity contribution in [3.63, 3.8) is 0 Å². The Kier molecular flexibility index (Phi) is 3.25. The van der Waals surface area contributed by atoms with Crippen LogP contribution < -0.4 is 0 Å². The van der Waals surface area contributed by atoms with Gasteiger partial charge in [-0.15, -0.1) is 0 Å². The van der Waals surface area contributed by atoms with Crippen LogP contribution in [0.4, 0.5) is 0 Å². The van der Waals surface area contributed by atoms with Gasteiger partial charge in [0.05, 0.1) is 0 Å². The Morgan fingerprint density at radius 1 is 0.857 bits per heavy atom. The summed E-state index contributed by atoms with van der Waals surface area (Å²) in [7, 11) is 0. The van der Waals surface area contributed by atoms with Gasteiger partial charge in [0.25, 0.3) is 0 Å². The summed E-state index contributed by atoms with van der Waals surface area (Å²) < 4.78 is 0. The molecule has 1 saturated heterocycles. The molecule has 2 heteroatoms. The van der Waals surface area contributed by atoms with E-state index in [4.69, 9.17) is 0 Å². The molecule has 0 bridgehead atoms. The number of hydrogen-bond donors (Lipinski definition) is 0. The Morgan fingerprint density at radius 2 is 1.67 bits per heavy atom. The van der Waals surface area contributed by atoms with E-state index in [2.05, 4.69) is 59.3 Å². The van der Waals surface area contributed by atoms with Crippen molar-refractivity contribution in [1.82, 2.24) is 9.80 Å². The zero-order valence-corrected chi connectivity index (χ0v) is 12.8. The first-order chi connectivity index (χ1) is 10.3. The van der Waals surface area contributed by atoms with Gasteiger partial charge >= 0.3 is 0 Å². The third kappa shape index (κ3) is 2.48. The Bertz CT molecular complexity index is 568. The van der Waals surface area contributed by atoms with Gasteiger partial charge in [0.15, 0.2) is 0 Å². The number of allylic oxidation sites excluding steroid dienone is 9. The maximum absolute atomic E-state index is 2.63. The van der Waals surface area contributed by atoms with Gasteiger partial charge in [-0.2, -0.15) is 0 Å². The molecule has 1 aliphatic heterocycles. The smallest absolute Gasteiger partial charge is 0.0351 e. The Balaban J connectivity index is 1.40. The molecule has 1 saturated carbocycles. The first-order valence-corrected chi connectivity index (χ1v) is 8.23. The van der Waals surface area contributed by atoms with Gasteiger partial charge < -0.3 is 9.80 Å². The predicted molar refractivity (Wildman–Crippen MR) is 87.6 cm³/mol. The molecule has 3 aliphatic carbocycles. The van der Waals surface area contributed by atoms with Crippen molar-refractivity contribution in [3.8, 4) is 0 Å². The van der Waals surface area contributed by atoms with E-state index in [1.54, 1.807) is 11.3 Å². The van der Waals surface area contributed by atoms with E-state index >= 15 is 0 Å². The summed E-state index contributed by atoms with van der Waals surface area (Å²) in [5, 5.41) is 0. The molecule has 1 heterocycles. The van der Waals surface area contributed by atoms with Crippen LogP contribution in [0.1, 0.15) is 19.8 Å². The number of rotatable bonds is 2. The summed E-state index contributed by atoms with van der Waals surface area (Å²) in [6, 6.07) is 0. The molecular formula is C19H24N2. The summed E-state index contributed by atoms with van der Waals surface area (Å²) in [5.74, 6) is 1.70. The minimum absolute atomic E-state index is 0.838. The fraction of sp³-hybridized carbons (Fsp3) is 0.474. The van der Waals surface area contributed by atoms with E-state index in [9.17, 15) is 0 Å². The van der Waals surface area contributed by atoms with Crippen LogP contribution in [0, 0.1) is 11.8 Å². The molecule has 21 heavy (non-hydrogen) atoms. The van der Waals surface area contributed by atoms with Crippen LogP contribution in [-0.4, -0.2) is 36.0 Å². The lowest BCUT2D eigenvalue weighted by Crippen LogP contribution is -2.45. The average molecular weight is 280 g/mol. The Labute approximate surface area is 127 Å². The van der Waals surface area contributed by atoms with E-state index in [-0.39, 0.29) is 0 Å². The second kappa shape index (κ2) is 5.25. The van der Waals surface area contributed by atoms with E-state index in [1.807, 2.05) is 0 Å². The monoisotopic (exact) mass is 280 g/mol. The van der Waals surface area contributed by atoms with Crippen LogP contribution in [0.3, 0.4) is 0 Å². The third-order valence-corrected chi connectivity index (χ3v) is 5.30. The second-order valence-corrected chi connectivity index (χ2v) is 6.60. The lowest BCUT2D eigenvalue weighted by molar-refractivity contribution is 0.183. The zero-order valence-electron chi connectivity index (χ0n) is 12.8. The van der Waals surface area contributed by atoms with Gasteiger partial charge in [-0.05, 0) is 31.4 Å². The minimum atomic E-state index is 0.838. The van der Waals surface area contributed by atoms with Crippen molar-refractivity contribution >= 4 is 0 Å². The Hall–Kier alpha value is -1.70. The summed E-state index contributed by atoms with van der Waals surface area (Å²) in [6.45, 7) is 6.95. The molecule has 0 aromatic heterocycles. The maximum atomic E-state index is 2.63. The molecule has 0 aromatic rings. The van der Waals surface area contributed by atoms with Crippen molar-refractivity contribution in [2.24, 2.45) is 11.8 Å². The summed E-state index contributed by atoms with van der Waals surface area (Å²) in [5.41, 5.74) is 4.67. The average Bonchev–Trinajstić information content (AvgIpc) is 3.32. The van der Waals surface area contributed by atoms with Crippen molar-refractivity contribution in [2.75, 3.05) is 26.2 Å². The summed E-state index contributed by atoms with van der Waals surface area (Å²) >= 11 is 0. The molecule has 2 nitrogen and oxygen atoms in total. The van der Waals surface area contributed by atoms with Gasteiger partial charge in [-0.3, -0.25) is 0 Å². The van der Waals surface area contributed by atoms with E-state index < -0.39 is 0 Å². The number of piperazine rings is 1. The maximum Gasteiger partial charge on any atom is 0.0351 e. The number of nitrogens with zero attached hydrogens (tertiary/aromatic N) is 2. The molecule has 2 fully saturated rings. The van der Waals surface area contributed by atoms with Crippen molar-refractivity contribution in [3.05, 3.63) is 59.5 Å². The van der Waals surface area contributed by atoms with E-state index in [0.717, 1.165) is 31.3 Å². The SMILES string of the molecule is CC1=CC=C(N2CCN(C3=CC=CC=CC3)CC2)C2CC12. The molecular weight excluding hydrogens is 256 g/mol. The molecule has 0 amide bonds. The highest BCUT2D eigenvalue weighted by Gasteiger charge is 2.44. The van der Waals surface area contributed by atoms with Crippen molar-refractivity contribution < 1.29 is 0 Å². The molecule has 2 atom stereocenters. The third-order valence-electron chi connectivity index (χ3n) is 5.30. The normalized spacial score (nSPS) is 31.2. The first-order valence-electron chi connectivity index (χ1n) is 8.23. The molecule has 4 rings (SSSR count). The first kappa shape index (κ1) is 13.0. The highest BCUT2D eigenvalue weighted by atomic mass is 15.3. The van der Waals surface area contributed by atoms with Crippen LogP contribution in [0.25, 0.3) is 0 Å². The van der Waals surface area contributed by atoms with Crippen LogP contribution >= 0.6 is 0 Å². The van der Waals surface area contributed by atoms with Gasteiger partial charge in [-0.1, -0.05) is 36.0 Å². The quantitative estimate of drug-likeness (QED) is 0.764. The molecule has 2 unspecified atom stereocenters. The van der Waals surface area contributed by atoms with Gasteiger partial charge in [-0.25, -0.2) is 0 Å². The molecule has 110 valence electrons. The lowest BCUT2D eigenvalue weighted by atomic mass is 10.0. The van der Waals surface area contributed by atoms with E-state index in [0.29, 0.717) is 0 Å². The second-order valence-electron chi connectivity index (χ2n) is 6.60. The van der Waals surface area contributed by atoms with Crippen molar-refractivity contribution in [1.29, 1.82) is 0 Å². The summed E-state index contributed by atoms with van der Waals surface area (Å²) in [6.07, 6.45) is 18.2. The minimum Gasteiger partial charge on any atom is -0.371 e. The van der Waals surface area contributed by atoms with Gasteiger partial charge in [0.2, 0.25) is 0 Å². The fourth-order valence-electron chi connectivity index (χ4n) is 3.88. The van der Waals surface area contributed by atoms with Crippen LogP contribution in [0.2, 0.25) is 0 Å². The largest absolute Gasteiger partial charge is 0.371 e. The standard InChI is InChI=1S/C19H24N2/c1-15-8-9-19(18-14-17(15)18)21-12-10-20(11-13-21)16-6-4-2-3-5-7-16/h2-6,8-9,17-18H,7,10-14H2,1H3. The highest BCUT2D eigenvalue weighted by Crippen LogP contribution is 2.52. The topological polar surface area (TPSA) is 6.48 Å². The zero-order chi connectivity index (χ0) is 14.2. The summed E-state index contributed by atoms with van der Waals surface area (Å²) in [4.78, 5) is 5.19.